The van der Waals surface area contributed by atoms with Gasteiger partial charge in [0.05, 0.1) is 15.6 Å². The third-order valence-electron chi connectivity index (χ3n) is 3.53. The molecule has 0 aliphatic rings. The van der Waals surface area contributed by atoms with Crippen molar-refractivity contribution >= 4 is 44.8 Å². The largest absolute Gasteiger partial charge is 0.484 e. The van der Waals surface area contributed by atoms with E-state index in [2.05, 4.69) is 10.0 Å². The Balaban J connectivity index is 1.90. The Hall–Kier alpha value is -1.80. The molecule has 0 spiro atoms. The van der Waals surface area contributed by atoms with Crippen molar-refractivity contribution < 1.29 is 17.9 Å². The molecular formula is C18H20Cl2N2O4S. The maximum absolute atomic E-state index is 12.1. The van der Waals surface area contributed by atoms with Gasteiger partial charge >= 0.3 is 0 Å². The third kappa shape index (κ3) is 6.70. The molecule has 0 bridgehead atoms. The summed E-state index contributed by atoms with van der Waals surface area (Å²) in [6, 6.07) is 10.6. The molecule has 27 heavy (non-hydrogen) atoms. The molecule has 146 valence electrons. The van der Waals surface area contributed by atoms with Crippen LogP contribution in [0.3, 0.4) is 0 Å². The van der Waals surface area contributed by atoms with Crippen LogP contribution >= 0.6 is 23.2 Å². The fourth-order valence-electron chi connectivity index (χ4n) is 2.11. The molecule has 0 fully saturated rings. The average molecular weight is 431 g/mol. The van der Waals surface area contributed by atoms with Gasteiger partial charge in [-0.25, -0.2) is 13.1 Å². The van der Waals surface area contributed by atoms with Gasteiger partial charge in [0.2, 0.25) is 10.0 Å². The van der Waals surface area contributed by atoms with Gasteiger partial charge in [0, 0.05) is 11.6 Å². The summed E-state index contributed by atoms with van der Waals surface area (Å²) in [4.78, 5) is 12.1. The molecule has 2 aromatic rings. The molecule has 2 aromatic carbocycles. The molecule has 0 atom stereocenters. The number of carbonyl (C=O) groups excluding carboxylic acids is 1. The number of rotatable bonds is 9. The summed E-state index contributed by atoms with van der Waals surface area (Å²) in [7, 11) is -3.54. The number of ether oxygens (including phenoxy) is 1. The van der Waals surface area contributed by atoms with Crippen LogP contribution in [0.2, 0.25) is 10.0 Å². The Morgan fingerprint density at radius 3 is 2.44 bits per heavy atom. The standard InChI is InChI=1S/C18H20Cl2N2O4S/c1-2-3-10-21-27(24,25)15-7-5-14(6-8-15)26-12-18(23)22-17-9-4-13(19)11-16(17)20/h4-9,11,21H,2-3,10,12H2,1H3,(H,22,23). The first kappa shape index (κ1) is 21.5. The van der Waals surface area contributed by atoms with E-state index < -0.39 is 15.9 Å². The first-order valence-electron chi connectivity index (χ1n) is 8.29. The van der Waals surface area contributed by atoms with Crippen molar-refractivity contribution in [2.24, 2.45) is 0 Å². The van der Waals surface area contributed by atoms with Crippen molar-refractivity contribution in [3.8, 4) is 5.75 Å². The zero-order chi connectivity index (χ0) is 19.9. The molecule has 6 nitrogen and oxygen atoms in total. The van der Waals surface area contributed by atoms with E-state index in [1.54, 1.807) is 12.1 Å². The van der Waals surface area contributed by atoms with Crippen LogP contribution < -0.4 is 14.8 Å². The van der Waals surface area contributed by atoms with Gasteiger partial charge in [0.1, 0.15) is 5.75 Å². The highest BCUT2D eigenvalue weighted by Gasteiger charge is 2.13. The zero-order valence-corrected chi connectivity index (χ0v) is 17.0. The monoisotopic (exact) mass is 430 g/mol. The topological polar surface area (TPSA) is 84.5 Å². The second-order valence-electron chi connectivity index (χ2n) is 5.68. The van der Waals surface area contributed by atoms with Crippen molar-refractivity contribution in [2.75, 3.05) is 18.5 Å². The van der Waals surface area contributed by atoms with Gasteiger partial charge in [-0.05, 0) is 48.9 Å². The SMILES string of the molecule is CCCCNS(=O)(=O)c1ccc(OCC(=O)Nc2ccc(Cl)cc2Cl)cc1. The molecule has 2 N–H and O–H groups in total. The lowest BCUT2D eigenvalue weighted by Crippen LogP contribution is -2.24. The van der Waals surface area contributed by atoms with Crippen molar-refractivity contribution in [1.82, 2.24) is 4.72 Å². The highest BCUT2D eigenvalue weighted by Crippen LogP contribution is 2.25. The van der Waals surface area contributed by atoms with E-state index in [1.165, 1.54) is 30.3 Å². The number of benzene rings is 2. The van der Waals surface area contributed by atoms with Gasteiger partial charge in [0.15, 0.2) is 6.61 Å². The number of halogens is 2. The van der Waals surface area contributed by atoms with Crippen LogP contribution in [0.25, 0.3) is 0 Å². The van der Waals surface area contributed by atoms with Crippen molar-refractivity contribution in [2.45, 2.75) is 24.7 Å². The lowest BCUT2D eigenvalue weighted by molar-refractivity contribution is -0.118. The summed E-state index contributed by atoms with van der Waals surface area (Å²) in [6.45, 7) is 2.13. The van der Waals surface area contributed by atoms with E-state index in [0.29, 0.717) is 28.0 Å². The number of hydrogen-bond acceptors (Lipinski definition) is 4. The maximum Gasteiger partial charge on any atom is 0.262 e. The highest BCUT2D eigenvalue weighted by molar-refractivity contribution is 7.89. The second-order valence-corrected chi connectivity index (χ2v) is 8.29. The van der Waals surface area contributed by atoms with Gasteiger partial charge in [-0.2, -0.15) is 0 Å². The molecule has 0 radical (unpaired) electrons. The fourth-order valence-corrected chi connectivity index (χ4v) is 3.64. The van der Waals surface area contributed by atoms with Gasteiger partial charge < -0.3 is 10.1 Å². The molecule has 0 unspecified atom stereocenters. The summed E-state index contributed by atoms with van der Waals surface area (Å²) in [6.07, 6.45) is 1.67. The zero-order valence-electron chi connectivity index (χ0n) is 14.7. The maximum atomic E-state index is 12.1. The second kappa shape index (κ2) is 9.94. The van der Waals surface area contributed by atoms with E-state index in [9.17, 15) is 13.2 Å². The number of anilines is 1. The Morgan fingerprint density at radius 2 is 1.81 bits per heavy atom. The molecule has 1 amide bonds. The minimum Gasteiger partial charge on any atom is -0.484 e. The molecule has 0 heterocycles. The number of carbonyl (C=O) groups is 1. The minimum atomic E-state index is -3.54. The van der Waals surface area contributed by atoms with Gasteiger partial charge in [-0.1, -0.05) is 36.5 Å². The predicted octanol–water partition coefficient (Wildman–Crippen LogP) is 4.09. The fraction of sp³-hybridized carbons (Fsp3) is 0.278. The summed E-state index contributed by atoms with van der Waals surface area (Å²) >= 11 is 11.8. The number of unbranched alkanes of at least 4 members (excludes halogenated alkanes) is 1. The lowest BCUT2D eigenvalue weighted by Gasteiger charge is -2.10. The van der Waals surface area contributed by atoms with E-state index in [0.717, 1.165) is 12.8 Å². The van der Waals surface area contributed by atoms with Crippen molar-refractivity contribution in [3.63, 3.8) is 0 Å². The molecule has 0 aromatic heterocycles. The smallest absolute Gasteiger partial charge is 0.262 e. The molecule has 0 aliphatic heterocycles. The lowest BCUT2D eigenvalue weighted by atomic mass is 10.3. The molecule has 0 saturated carbocycles. The minimum absolute atomic E-state index is 0.142. The summed E-state index contributed by atoms with van der Waals surface area (Å²) in [5.74, 6) is -0.0305. The van der Waals surface area contributed by atoms with Gasteiger partial charge in [-0.15, -0.1) is 0 Å². The summed E-state index contributed by atoms with van der Waals surface area (Å²) < 4.78 is 32.1. The Morgan fingerprint density at radius 1 is 1.11 bits per heavy atom. The number of sulfonamides is 1. The van der Waals surface area contributed by atoms with E-state index in [4.69, 9.17) is 27.9 Å². The molecule has 0 aliphatic carbocycles. The summed E-state index contributed by atoms with van der Waals surface area (Å²) in [5.41, 5.74) is 0.425. The van der Waals surface area contributed by atoms with E-state index in [1.807, 2.05) is 6.92 Å². The third-order valence-corrected chi connectivity index (χ3v) is 5.56. The molecule has 2 rings (SSSR count). The van der Waals surface area contributed by atoms with Crippen molar-refractivity contribution in [1.29, 1.82) is 0 Å². The number of amides is 1. The van der Waals surface area contributed by atoms with E-state index >= 15 is 0 Å². The van der Waals surface area contributed by atoms with Crippen LogP contribution in [0.4, 0.5) is 5.69 Å². The quantitative estimate of drug-likeness (QED) is 0.586. The highest BCUT2D eigenvalue weighted by atomic mass is 35.5. The summed E-state index contributed by atoms with van der Waals surface area (Å²) in [5, 5.41) is 3.40. The number of nitrogens with one attached hydrogen (secondary N) is 2. The normalized spacial score (nSPS) is 11.2. The van der Waals surface area contributed by atoms with Crippen LogP contribution in [-0.4, -0.2) is 27.5 Å². The van der Waals surface area contributed by atoms with Crippen LogP contribution in [-0.2, 0) is 14.8 Å². The first-order valence-corrected chi connectivity index (χ1v) is 10.5. The Bertz CT molecular complexity index is 887. The van der Waals surface area contributed by atoms with Crippen LogP contribution in [0, 0.1) is 0 Å². The van der Waals surface area contributed by atoms with Crippen molar-refractivity contribution in [3.05, 3.63) is 52.5 Å². The Kier molecular flexibility index (Phi) is 7.91. The van der Waals surface area contributed by atoms with Crippen LogP contribution in [0.15, 0.2) is 47.4 Å². The van der Waals surface area contributed by atoms with Gasteiger partial charge in [0.25, 0.3) is 5.91 Å². The molecule has 9 heteroatoms. The first-order chi connectivity index (χ1) is 12.8. The Labute approximate surface area is 168 Å². The predicted molar refractivity (Wildman–Crippen MR) is 107 cm³/mol. The average Bonchev–Trinajstić information content (AvgIpc) is 2.63. The van der Waals surface area contributed by atoms with Gasteiger partial charge in [-0.3, -0.25) is 4.79 Å². The molecule has 0 saturated heterocycles. The van der Waals surface area contributed by atoms with Crippen LogP contribution in [0.1, 0.15) is 19.8 Å². The molecular weight excluding hydrogens is 411 g/mol. The van der Waals surface area contributed by atoms with Crippen LogP contribution in [0.5, 0.6) is 5.75 Å². The van der Waals surface area contributed by atoms with E-state index in [-0.39, 0.29) is 11.5 Å². The number of hydrogen-bond donors (Lipinski definition) is 2.